The lowest BCUT2D eigenvalue weighted by atomic mass is 10.2. The van der Waals surface area contributed by atoms with Crippen molar-refractivity contribution in [2.45, 2.75) is 13.5 Å². The second-order valence-corrected chi connectivity index (χ2v) is 5.64. The van der Waals surface area contributed by atoms with E-state index in [1.807, 2.05) is 31.1 Å². The molecule has 0 unspecified atom stereocenters. The van der Waals surface area contributed by atoms with Crippen LogP contribution in [0, 0.1) is 6.92 Å². The monoisotopic (exact) mass is 326 g/mol. The molecule has 0 aliphatic carbocycles. The van der Waals surface area contributed by atoms with Crippen molar-refractivity contribution in [1.82, 2.24) is 19.7 Å². The fraction of sp³-hybridized carbons (Fsp3) is 0.250. The molecule has 0 saturated carbocycles. The van der Waals surface area contributed by atoms with Gasteiger partial charge in [-0.3, -0.25) is 4.79 Å². The highest BCUT2D eigenvalue weighted by atomic mass is 16.5. The lowest BCUT2D eigenvalue weighted by Crippen LogP contribution is -2.20. The van der Waals surface area contributed by atoms with Crippen molar-refractivity contribution in [3.63, 3.8) is 0 Å². The van der Waals surface area contributed by atoms with Crippen LogP contribution in [0.5, 0.6) is 0 Å². The molecule has 0 bridgehead atoms. The van der Waals surface area contributed by atoms with Gasteiger partial charge in [-0.05, 0) is 18.6 Å². The van der Waals surface area contributed by atoms with Crippen molar-refractivity contribution in [2.75, 3.05) is 24.3 Å². The van der Waals surface area contributed by atoms with Crippen LogP contribution in [0.25, 0.3) is 11.0 Å². The summed E-state index contributed by atoms with van der Waals surface area (Å²) in [5, 5.41) is 13.7. The predicted octanol–water partition coefficient (Wildman–Crippen LogP) is 1.41. The maximum absolute atomic E-state index is 11.9. The number of rotatable bonds is 4. The molecule has 3 heterocycles. The third kappa shape index (κ3) is 2.85. The van der Waals surface area contributed by atoms with Gasteiger partial charge >= 0.3 is 0 Å². The molecule has 2 N–H and O–H groups in total. The Morgan fingerprint density at radius 1 is 1.25 bits per heavy atom. The van der Waals surface area contributed by atoms with E-state index in [-0.39, 0.29) is 5.65 Å². The zero-order valence-corrected chi connectivity index (χ0v) is 13.7. The molecular formula is C16H18N6O2. The standard InChI is InChI=1S/C16H18N6O2/c1-10-15-12(6-14(23)22(24)16(15)20-9-19-10)17-7-11-4-5-13(18-8-11)21(2)3/h4-6,8-9,17,24H,7H2,1-3H3. The van der Waals surface area contributed by atoms with Gasteiger partial charge in [0, 0.05) is 32.9 Å². The third-order valence-electron chi connectivity index (χ3n) is 3.71. The quantitative estimate of drug-likeness (QED) is 0.700. The van der Waals surface area contributed by atoms with Crippen LogP contribution in [0.1, 0.15) is 11.3 Å². The largest absolute Gasteiger partial charge is 0.423 e. The molecule has 3 aromatic rings. The second kappa shape index (κ2) is 6.15. The van der Waals surface area contributed by atoms with Gasteiger partial charge in [0.15, 0.2) is 5.65 Å². The highest BCUT2D eigenvalue weighted by Gasteiger charge is 2.12. The summed E-state index contributed by atoms with van der Waals surface area (Å²) in [5.74, 6) is 0.872. The van der Waals surface area contributed by atoms with E-state index in [0.29, 0.717) is 28.0 Å². The van der Waals surface area contributed by atoms with Crippen LogP contribution in [0.15, 0.2) is 35.5 Å². The van der Waals surface area contributed by atoms with E-state index in [1.54, 1.807) is 13.1 Å². The molecule has 0 radical (unpaired) electrons. The summed E-state index contributed by atoms with van der Waals surface area (Å²) in [7, 11) is 3.86. The number of pyridine rings is 2. The number of nitrogens with zero attached hydrogens (tertiary/aromatic N) is 5. The van der Waals surface area contributed by atoms with Crippen LogP contribution in [0.3, 0.4) is 0 Å². The maximum Gasteiger partial charge on any atom is 0.286 e. The van der Waals surface area contributed by atoms with Gasteiger partial charge in [0.25, 0.3) is 5.56 Å². The van der Waals surface area contributed by atoms with Crippen LogP contribution >= 0.6 is 0 Å². The Kier molecular flexibility index (Phi) is 4.03. The SMILES string of the molecule is Cc1ncnc2c1c(NCc1ccc(N(C)C)nc1)cc(=O)n2O. The summed E-state index contributed by atoms with van der Waals surface area (Å²) >= 11 is 0. The summed E-state index contributed by atoms with van der Waals surface area (Å²) in [6.07, 6.45) is 3.10. The van der Waals surface area contributed by atoms with Crippen molar-refractivity contribution in [3.05, 3.63) is 52.3 Å². The Balaban J connectivity index is 1.93. The molecule has 3 rings (SSSR count). The topological polar surface area (TPSA) is 96.2 Å². The molecule has 3 aromatic heterocycles. The Morgan fingerprint density at radius 2 is 2.04 bits per heavy atom. The summed E-state index contributed by atoms with van der Waals surface area (Å²) in [6.45, 7) is 2.28. The zero-order valence-electron chi connectivity index (χ0n) is 13.7. The summed E-state index contributed by atoms with van der Waals surface area (Å²) < 4.78 is 0.530. The van der Waals surface area contributed by atoms with Gasteiger partial charge in [-0.2, -0.15) is 0 Å². The summed E-state index contributed by atoms with van der Waals surface area (Å²) in [5.41, 5.74) is 1.85. The van der Waals surface area contributed by atoms with E-state index < -0.39 is 5.56 Å². The van der Waals surface area contributed by atoms with Crippen LogP contribution in [0.2, 0.25) is 0 Å². The highest BCUT2D eigenvalue weighted by Crippen LogP contribution is 2.22. The van der Waals surface area contributed by atoms with Crippen molar-refractivity contribution < 1.29 is 5.21 Å². The van der Waals surface area contributed by atoms with Gasteiger partial charge in [-0.25, -0.2) is 15.0 Å². The number of fused-ring (bicyclic) bond motifs is 1. The van der Waals surface area contributed by atoms with Crippen LogP contribution in [0.4, 0.5) is 11.5 Å². The predicted molar refractivity (Wildman–Crippen MR) is 91.6 cm³/mol. The van der Waals surface area contributed by atoms with Gasteiger partial charge in [0.2, 0.25) is 0 Å². The first-order chi connectivity index (χ1) is 11.5. The van der Waals surface area contributed by atoms with Gasteiger partial charge in [-0.15, -0.1) is 4.73 Å². The average molecular weight is 326 g/mol. The van der Waals surface area contributed by atoms with Crippen LogP contribution in [-0.2, 0) is 6.54 Å². The Labute approximate surface area is 138 Å². The molecule has 0 aromatic carbocycles. The fourth-order valence-electron chi connectivity index (χ4n) is 2.42. The Morgan fingerprint density at radius 3 is 2.71 bits per heavy atom. The smallest absolute Gasteiger partial charge is 0.286 e. The summed E-state index contributed by atoms with van der Waals surface area (Å²) in [6, 6.07) is 5.23. The van der Waals surface area contributed by atoms with Crippen LogP contribution < -0.4 is 15.8 Å². The van der Waals surface area contributed by atoms with Crippen LogP contribution in [-0.4, -0.2) is 39.0 Å². The van der Waals surface area contributed by atoms with Crippen molar-refractivity contribution in [2.24, 2.45) is 0 Å². The van der Waals surface area contributed by atoms with Gasteiger partial charge in [0.1, 0.15) is 12.1 Å². The molecule has 24 heavy (non-hydrogen) atoms. The number of hydrogen-bond donors (Lipinski definition) is 2. The van der Waals surface area contributed by atoms with E-state index in [0.717, 1.165) is 11.4 Å². The highest BCUT2D eigenvalue weighted by molar-refractivity contribution is 5.90. The lowest BCUT2D eigenvalue weighted by Gasteiger charge is -2.13. The van der Waals surface area contributed by atoms with E-state index in [1.165, 1.54) is 12.4 Å². The number of anilines is 2. The average Bonchev–Trinajstić information content (AvgIpc) is 2.57. The van der Waals surface area contributed by atoms with Gasteiger partial charge < -0.3 is 15.4 Å². The number of aryl methyl sites for hydroxylation is 1. The number of aromatic nitrogens is 4. The molecule has 0 atom stereocenters. The van der Waals surface area contributed by atoms with E-state index in [4.69, 9.17) is 0 Å². The Hall–Kier alpha value is -3.16. The van der Waals surface area contributed by atoms with Crippen molar-refractivity contribution in [3.8, 4) is 0 Å². The fourth-order valence-corrected chi connectivity index (χ4v) is 2.42. The first-order valence-electron chi connectivity index (χ1n) is 7.40. The van der Waals surface area contributed by atoms with E-state index >= 15 is 0 Å². The molecule has 0 spiro atoms. The maximum atomic E-state index is 11.9. The summed E-state index contributed by atoms with van der Waals surface area (Å²) in [4.78, 5) is 26.3. The first kappa shape index (κ1) is 15.7. The molecule has 8 nitrogen and oxygen atoms in total. The molecule has 8 heteroatoms. The minimum Gasteiger partial charge on any atom is -0.423 e. The third-order valence-corrected chi connectivity index (χ3v) is 3.71. The minimum atomic E-state index is -0.552. The molecule has 0 amide bonds. The van der Waals surface area contributed by atoms with Gasteiger partial charge in [0.05, 0.1) is 16.8 Å². The van der Waals surface area contributed by atoms with Crippen molar-refractivity contribution in [1.29, 1.82) is 0 Å². The minimum absolute atomic E-state index is 0.179. The molecule has 0 saturated heterocycles. The normalized spacial score (nSPS) is 10.8. The molecule has 124 valence electrons. The first-order valence-corrected chi connectivity index (χ1v) is 7.40. The van der Waals surface area contributed by atoms with E-state index in [2.05, 4.69) is 20.3 Å². The number of hydrogen-bond acceptors (Lipinski definition) is 7. The van der Waals surface area contributed by atoms with E-state index in [9.17, 15) is 10.0 Å². The lowest BCUT2D eigenvalue weighted by molar-refractivity contribution is 0.186. The van der Waals surface area contributed by atoms with Gasteiger partial charge in [-0.1, -0.05) is 6.07 Å². The molecule has 0 aliphatic heterocycles. The Bertz CT molecular complexity index is 934. The second-order valence-electron chi connectivity index (χ2n) is 5.64. The zero-order chi connectivity index (χ0) is 17.3. The molecule has 0 fully saturated rings. The van der Waals surface area contributed by atoms with Crippen molar-refractivity contribution >= 4 is 22.5 Å². The molecular weight excluding hydrogens is 308 g/mol. The number of nitrogens with one attached hydrogen (secondary N) is 1. The molecule has 0 aliphatic rings.